The van der Waals surface area contributed by atoms with Crippen molar-refractivity contribution in [3.8, 4) is 0 Å². The molecule has 1 atom stereocenters. The van der Waals surface area contributed by atoms with Gasteiger partial charge in [-0.25, -0.2) is 0 Å². The Labute approximate surface area is 219 Å². The van der Waals surface area contributed by atoms with Crippen molar-refractivity contribution in [3.05, 3.63) is 82.1 Å². The lowest BCUT2D eigenvalue weighted by molar-refractivity contribution is -0.137. The number of amides is 2. The highest BCUT2D eigenvalue weighted by Crippen LogP contribution is 2.34. The minimum Gasteiger partial charge on any atom is -0.342 e. The minimum atomic E-state index is -4.57. The fourth-order valence-corrected chi connectivity index (χ4v) is 4.23. The third-order valence-electron chi connectivity index (χ3n) is 4.78. The molecule has 0 saturated carbocycles. The number of benzene rings is 2. The number of anilines is 1. The summed E-state index contributed by atoms with van der Waals surface area (Å²) in [5.74, 6) is -0.692. The first-order chi connectivity index (χ1) is 17.0. The van der Waals surface area contributed by atoms with Crippen molar-refractivity contribution in [2.24, 2.45) is 0 Å². The number of alkyl halides is 3. The molecule has 0 aliphatic heterocycles. The number of rotatable bonds is 9. The van der Waals surface area contributed by atoms with Gasteiger partial charge in [-0.05, 0) is 43.3 Å². The fraction of sp³-hybridized carbons (Fsp3) is 0.217. The summed E-state index contributed by atoms with van der Waals surface area (Å²) in [5, 5.41) is 14.2. The summed E-state index contributed by atoms with van der Waals surface area (Å²) < 4.78 is 40.6. The highest BCUT2D eigenvalue weighted by molar-refractivity contribution is 7.99. The first-order valence-corrected chi connectivity index (χ1v) is 12.1. The number of halogens is 5. The smallest absolute Gasteiger partial charge is 0.342 e. The van der Waals surface area contributed by atoms with Gasteiger partial charge in [0.2, 0.25) is 5.91 Å². The van der Waals surface area contributed by atoms with Crippen molar-refractivity contribution in [2.45, 2.75) is 30.8 Å². The number of carbonyl (C=O) groups excluding carboxylic acids is 2. The molecule has 1 aromatic heterocycles. The van der Waals surface area contributed by atoms with E-state index in [-0.39, 0.29) is 22.4 Å². The van der Waals surface area contributed by atoms with Gasteiger partial charge >= 0.3 is 6.18 Å². The molecule has 13 heteroatoms. The lowest BCUT2D eigenvalue weighted by atomic mass is 10.2. The summed E-state index contributed by atoms with van der Waals surface area (Å²) in [6, 6.07) is 8.60. The summed E-state index contributed by atoms with van der Waals surface area (Å²) >= 11 is 12.9. The second kappa shape index (κ2) is 11.8. The van der Waals surface area contributed by atoms with Gasteiger partial charge in [-0.1, -0.05) is 47.1 Å². The van der Waals surface area contributed by atoms with E-state index in [2.05, 4.69) is 27.4 Å². The molecule has 0 radical (unpaired) electrons. The molecule has 0 aliphatic rings. The van der Waals surface area contributed by atoms with Crippen LogP contribution in [0.3, 0.4) is 0 Å². The molecule has 1 heterocycles. The van der Waals surface area contributed by atoms with Crippen LogP contribution in [0.2, 0.25) is 10.0 Å². The SMILES string of the molecule is C=CCn1c(SCC(=O)Nc2cc(C(F)(F)F)ccc2Cl)nnc1[C@H](C)NC(=O)c1cccc(Cl)c1. The van der Waals surface area contributed by atoms with Crippen LogP contribution in [-0.2, 0) is 17.5 Å². The summed E-state index contributed by atoms with van der Waals surface area (Å²) in [5.41, 5.74) is -0.703. The molecule has 3 aromatic rings. The molecule has 0 bridgehead atoms. The van der Waals surface area contributed by atoms with Gasteiger partial charge in [-0.2, -0.15) is 13.2 Å². The maximum Gasteiger partial charge on any atom is 0.416 e. The van der Waals surface area contributed by atoms with Crippen molar-refractivity contribution >= 4 is 52.5 Å². The zero-order valence-electron chi connectivity index (χ0n) is 18.8. The number of nitrogens with zero attached hydrogens (tertiary/aromatic N) is 3. The molecule has 0 aliphatic carbocycles. The van der Waals surface area contributed by atoms with Crippen LogP contribution in [0.4, 0.5) is 18.9 Å². The third kappa shape index (κ3) is 7.02. The van der Waals surface area contributed by atoms with Gasteiger partial charge in [0.05, 0.1) is 28.1 Å². The van der Waals surface area contributed by atoms with E-state index < -0.39 is 23.7 Å². The molecule has 2 aromatic carbocycles. The van der Waals surface area contributed by atoms with Gasteiger partial charge in [0.25, 0.3) is 5.91 Å². The largest absolute Gasteiger partial charge is 0.416 e. The van der Waals surface area contributed by atoms with Crippen molar-refractivity contribution in [3.63, 3.8) is 0 Å². The van der Waals surface area contributed by atoms with Crippen LogP contribution >= 0.6 is 35.0 Å². The second-order valence-corrected chi connectivity index (χ2v) is 9.26. The highest BCUT2D eigenvalue weighted by Gasteiger charge is 2.31. The normalized spacial score (nSPS) is 12.2. The number of allylic oxidation sites excluding steroid dienone is 1. The Morgan fingerprint density at radius 3 is 2.61 bits per heavy atom. The van der Waals surface area contributed by atoms with Crippen molar-refractivity contribution < 1.29 is 22.8 Å². The predicted molar refractivity (Wildman–Crippen MR) is 133 cm³/mol. The van der Waals surface area contributed by atoms with Crippen LogP contribution in [0.1, 0.15) is 34.7 Å². The minimum absolute atomic E-state index is 0.0252. The molecule has 7 nitrogen and oxygen atoms in total. The number of aromatic nitrogens is 3. The molecule has 0 unspecified atom stereocenters. The number of hydrogen-bond donors (Lipinski definition) is 2. The van der Waals surface area contributed by atoms with Crippen LogP contribution < -0.4 is 10.6 Å². The molecule has 0 fully saturated rings. The molecule has 36 heavy (non-hydrogen) atoms. The van der Waals surface area contributed by atoms with E-state index in [1.54, 1.807) is 35.8 Å². The number of nitrogens with one attached hydrogen (secondary N) is 2. The number of hydrogen-bond acceptors (Lipinski definition) is 5. The van der Waals surface area contributed by atoms with Crippen LogP contribution in [-0.4, -0.2) is 32.3 Å². The Morgan fingerprint density at radius 1 is 1.19 bits per heavy atom. The van der Waals surface area contributed by atoms with E-state index in [1.807, 2.05) is 0 Å². The standard InChI is InChI=1S/C23H20Cl2F3N5O2S/c1-3-9-33-20(13(2)29-21(35)14-5-4-6-16(24)10-14)31-32-22(33)36-12-19(34)30-18-11-15(23(26,27)28)7-8-17(18)25/h3-8,10-11,13H,1,9,12H2,2H3,(H,29,35)(H,30,34)/t13-/m0/s1. The third-order valence-corrected chi connectivity index (χ3v) is 6.31. The fourth-order valence-electron chi connectivity index (χ4n) is 3.12. The average molecular weight is 558 g/mol. The first-order valence-electron chi connectivity index (χ1n) is 10.4. The van der Waals surface area contributed by atoms with Gasteiger partial charge in [0, 0.05) is 17.1 Å². The molecule has 3 rings (SSSR count). The summed E-state index contributed by atoms with van der Waals surface area (Å²) in [7, 11) is 0. The molecular weight excluding hydrogens is 538 g/mol. The summed E-state index contributed by atoms with van der Waals surface area (Å²) in [6.07, 6.45) is -2.97. The Bertz CT molecular complexity index is 1280. The van der Waals surface area contributed by atoms with E-state index in [4.69, 9.17) is 23.2 Å². The van der Waals surface area contributed by atoms with E-state index in [0.29, 0.717) is 28.1 Å². The molecule has 0 spiro atoms. The van der Waals surface area contributed by atoms with Crippen molar-refractivity contribution in [2.75, 3.05) is 11.1 Å². The topological polar surface area (TPSA) is 88.9 Å². The zero-order chi connectivity index (χ0) is 26.5. The monoisotopic (exact) mass is 557 g/mol. The molecule has 0 saturated heterocycles. The van der Waals surface area contributed by atoms with Gasteiger partial charge < -0.3 is 15.2 Å². The van der Waals surface area contributed by atoms with E-state index in [0.717, 1.165) is 30.0 Å². The molecule has 2 amide bonds. The van der Waals surface area contributed by atoms with Crippen LogP contribution in [0, 0.1) is 0 Å². The Balaban J connectivity index is 1.69. The van der Waals surface area contributed by atoms with Gasteiger partial charge in [0.15, 0.2) is 11.0 Å². The Morgan fingerprint density at radius 2 is 1.94 bits per heavy atom. The van der Waals surface area contributed by atoms with Gasteiger partial charge in [0.1, 0.15) is 0 Å². The van der Waals surface area contributed by atoms with Crippen LogP contribution in [0.15, 0.2) is 60.3 Å². The molecular formula is C23H20Cl2F3N5O2S. The molecule has 190 valence electrons. The van der Waals surface area contributed by atoms with E-state index >= 15 is 0 Å². The predicted octanol–water partition coefficient (Wildman–Crippen LogP) is 6.01. The summed E-state index contributed by atoms with van der Waals surface area (Å²) in [4.78, 5) is 25.0. The van der Waals surface area contributed by atoms with Crippen LogP contribution in [0.5, 0.6) is 0 Å². The van der Waals surface area contributed by atoms with Crippen LogP contribution in [0.25, 0.3) is 0 Å². The quantitative estimate of drug-likeness (QED) is 0.248. The first kappa shape index (κ1) is 27.6. The van der Waals surface area contributed by atoms with Crippen molar-refractivity contribution in [1.29, 1.82) is 0 Å². The average Bonchev–Trinajstić information content (AvgIpc) is 3.21. The van der Waals surface area contributed by atoms with Gasteiger partial charge in [-0.3, -0.25) is 9.59 Å². The lowest BCUT2D eigenvalue weighted by Gasteiger charge is -2.15. The van der Waals surface area contributed by atoms with Gasteiger partial charge in [-0.15, -0.1) is 16.8 Å². The lowest BCUT2D eigenvalue weighted by Crippen LogP contribution is -2.28. The zero-order valence-corrected chi connectivity index (χ0v) is 21.1. The van der Waals surface area contributed by atoms with E-state index in [1.165, 1.54) is 6.07 Å². The summed E-state index contributed by atoms with van der Waals surface area (Å²) in [6.45, 7) is 5.73. The molecule has 2 N–H and O–H groups in total. The maximum atomic E-state index is 13.0. The Kier molecular flexibility index (Phi) is 9.04. The van der Waals surface area contributed by atoms with E-state index in [9.17, 15) is 22.8 Å². The van der Waals surface area contributed by atoms with Crippen molar-refractivity contribution in [1.82, 2.24) is 20.1 Å². The second-order valence-electron chi connectivity index (χ2n) is 7.47. The Hall–Kier alpha value is -3.02. The number of thioether (sulfide) groups is 1. The number of carbonyl (C=O) groups is 2. The maximum absolute atomic E-state index is 13.0. The highest BCUT2D eigenvalue weighted by atomic mass is 35.5.